The molecule has 210 valence electrons. The minimum atomic E-state index is 0.506. The van der Waals surface area contributed by atoms with E-state index in [9.17, 15) is 5.26 Å². The van der Waals surface area contributed by atoms with Crippen LogP contribution >= 0.6 is 0 Å². The molecule has 0 saturated heterocycles. The number of hydrogen-bond donors (Lipinski definition) is 0. The summed E-state index contributed by atoms with van der Waals surface area (Å²) in [5.74, 6) is 1.65. The first-order valence-corrected chi connectivity index (χ1v) is 14.8. The average molecular weight is 576 g/mol. The van der Waals surface area contributed by atoms with Crippen LogP contribution in [0.3, 0.4) is 0 Å². The molecule has 5 heteroatoms. The fourth-order valence-electron chi connectivity index (χ4n) is 6.04. The summed E-state index contributed by atoms with van der Waals surface area (Å²) in [4.78, 5) is 14.9. The van der Waals surface area contributed by atoms with Crippen LogP contribution in [0.4, 0.5) is 0 Å². The molecule has 0 amide bonds. The molecule has 0 aliphatic rings. The molecule has 0 radical (unpaired) electrons. The molecule has 2 aromatic heterocycles. The fourth-order valence-corrected chi connectivity index (χ4v) is 6.04. The Morgan fingerprint density at radius 3 is 1.56 bits per heavy atom. The second-order valence-corrected chi connectivity index (χ2v) is 10.8. The summed E-state index contributed by atoms with van der Waals surface area (Å²) in [6.45, 7) is 0. The quantitative estimate of drug-likeness (QED) is 0.205. The third-order valence-corrected chi connectivity index (χ3v) is 8.10. The van der Waals surface area contributed by atoms with Crippen LogP contribution in [0.5, 0.6) is 0 Å². The van der Waals surface area contributed by atoms with E-state index in [0.717, 1.165) is 44.5 Å². The molecule has 0 unspecified atom stereocenters. The van der Waals surface area contributed by atoms with Crippen LogP contribution in [0.15, 0.2) is 152 Å². The van der Waals surface area contributed by atoms with Gasteiger partial charge in [0.05, 0.1) is 28.4 Å². The number of nitriles is 1. The number of benzene rings is 6. The molecule has 0 spiro atoms. The second kappa shape index (κ2) is 11.0. The van der Waals surface area contributed by atoms with Gasteiger partial charge in [0.2, 0.25) is 0 Å². The standard InChI is InChI=1S/C40H25N5/c41-26-27-23-24-30(31-17-7-10-20-35(31)45-36-21-11-8-18-32(36)33-19-9-12-22-37(33)45)34(25-27)40-43-38(28-13-3-1-4-14-28)42-39(44-40)29-15-5-2-6-16-29/h1-25H. The summed E-state index contributed by atoms with van der Waals surface area (Å²) in [6.07, 6.45) is 0. The topological polar surface area (TPSA) is 67.4 Å². The Labute approximate surface area is 260 Å². The lowest BCUT2D eigenvalue weighted by Gasteiger charge is -2.17. The molecule has 0 fully saturated rings. The molecule has 8 rings (SSSR count). The largest absolute Gasteiger partial charge is 0.309 e. The van der Waals surface area contributed by atoms with E-state index in [4.69, 9.17) is 15.0 Å². The fraction of sp³-hybridized carbons (Fsp3) is 0. The third kappa shape index (κ3) is 4.62. The van der Waals surface area contributed by atoms with Crippen molar-refractivity contribution in [2.24, 2.45) is 0 Å². The van der Waals surface area contributed by atoms with Crippen molar-refractivity contribution in [3.05, 3.63) is 157 Å². The van der Waals surface area contributed by atoms with E-state index >= 15 is 0 Å². The van der Waals surface area contributed by atoms with Crippen LogP contribution in [-0.2, 0) is 0 Å². The first-order valence-electron chi connectivity index (χ1n) is 14.8. The maximum atomic E-state index is 9.97. The molecule has 2 heterocycles. The molecule has 8 aromatic rings. The first kappa shape index (κ1) is 26.3. The molecular formula is C40H25N5. The van der Waals surface area contributed by atoms with Crippen molar-refractivity contribution in [2.75, 3.05) is 0 Å². The Balaban J connectivity index is 1.41. The summed E-state index contributed by atoms with van der Waals surface area (Å²) >= 11 is 0. The van der Waals surface area contributed by atoms with Crippen molar-refractivity contribution in [3.63, 3.8) is 0 Å². The molecule has 0 saturated carbocycles. The smallest absolute Gasteiger partial charge is 0.164 e. The van der Waals surface area contributed by atoms with Crippen LogP contribution in [0.1, 0.15) is 5.56 Å². The highest BCUT2D eigenvalue weighted by molar-refractivity contribution is 6.09. The Morgan fingerprint density at radius 2 is 0.956 bits per heavy atom. The highest BCUT2D eigenvalue weighted by Crippen LogP contribution is 2.39. The summed E-state index contributed by atoms with van der Waals surface area (Å²) in [5, 5.41) is 12.4. The van der Waals surface area contributed by atoms with Crippen molar-refractivity contribution in [2.45, 2.75) is 0 Å². The highest BCUT2D eigenvalue weighted by atomic mass is 15.0. The molecular weight excluding hydrogens is 550 g/mol. The van der Waals surface area contributed by atoms with Gasteiger partial charge in [-0.2, -0.15) is 5.26 Å². The number of rotatable bonds is 5. The van der Waals surface area contributed by atoms with Crippen molar-refractivity contribution in [1.29, 1.82) is 5.26 Å². The summed E-state index contributed by atoms with van der Waals surface area (Å²) in [7, 11) is 0. The minimum Gasteiger partial charge on any atom is -0.309 e. The van der Waals surface area contributed by atoms with Crippen molar-refractivity contribution < 1.29 is 0 Å². The molecule has 5 nitrogen and oxygen atoms in total. The van der Waals surface area contributed by atoms with E-state index in [1.54, 1.807) is 0 Å². The van der Waals surface area contributed by atoms with Gasteiger partial charge in [0.15, 0.2) is 17.5 Å². The predicted octanol–water partition coefficient (Wildman–Crippen LogP) is 9.51. The lowest BCUT2D eigenvalue weighted by Crippen LogP contribution is -2.02. The Hall–Kier alpha value is -6.38. The minimum absolute atomic E-state index is 0.506. The van der Waals surface area contributed by atoms with Gasteiger partial charge in [-0.25, -0.2) is 15.0 Å². The first-order chi connectivity index (χ1) is 22.3. The van der Waals surface area contributed by atoms with Crippen molar-refractivity contribution in [1.82, 2.24) is 19.5 Å². The molecule has 0 N–H and O–H groups in total. The van der Waals surface area contributed by atoms with E-state index in [0.29, 0.717) is 23.0 Å². The lowest BCUT2D eigenvalue weighted by atomic mass is 9.95. The highest BCUT2D eigenvalue weighted by Gasteiger charge is 2.20. The van der Waals surface area contributed by atoms with Gasteiger partial charge >= 0.3 is 0 Å². The molecule has 6 aromatic carbocycles. The van der Waals surface area contributed by atoms with Crippen molar-refractivity contribution in [3.8, 4) is 57.0 Å². The third-order valence-electron chi connectivity index (χ3n) is 8.10. The zero-order valence-corrected chi connectivity index (χ0v) is 24.2. The van der Waals surface area contributed by atoms with Crippen LogP contribution < -0.4 is 0 Å². The van der Waals surface area contributed by atoms with Gasteiger partial charge in [-0.05, 0) is 35.9 Å². The van der Waals surface area contributed by atoms with Gasteiger partial charge in [-0.15, -0.1) is 0 Å². The monoisotopic (exact) mass is 575 g/mol. The average Bonchev–Trinajstić information content (AvgIpc) is 3.46. The van der Waals surface area contributed by atoms with Crippen molar-refractivity contribution >= 4 is 21.8 Å². The van der Waals surface area contributed by atoms with E-state index in [2.05, 4.69) is 77.4 Å². The maximum Gasteiger partial charge on any atom is 0.164 e. The number of hydrogen-bond acceptors (Lipinski definition) is 4. The maximum absolute atomic E-state index is 9.97. The molecule has 0 atom stereocenters. The number of aromatic nitrogens is 4. The summed E-state index contributed by atoms with van der Waals surface area (Å²) < 4.78 is 2.32. The van der Waals surface area contributed by atoms with Gasteiger partial charge in [0.25, 0.3) is 0 Å². The normalized spacial score (nSPS) is 11.1. The molecule has 0 bridgehead atoms. The van der Waals surface area contributed by atoms with Gasteiger partial charge in [0.1, 0.15) is 0 Å². The van der Waals surface area contributed by atoms with Gasteiger partial charge in [-0.3, -0.25) is 0 Å². The zero-order chi connectivity index (χ0) is 30.2. The van der Waals surface area contributed by atoms with Gasteiger partial charge in [-0.1, -0.05) is 121 Å². The van der Waals surface area contributed by atoms with Gasteiger partial charge in [0, 0.05) is 33.0 Å². The zero-order valence-electron chi connectivity index (χ0n) is 24.2. The summed E-state index contributed by atoms with van der Waals surface area (Å²) in [6, 6.07) is 53.3. The molecule has 0 aliphatic heterocycles. The van der Waals surface area contributed by atoms with Crippen LogP contribution in [0, 0.1) is 11.3 Å². The number of fused-ring (bicyclic) bond motifs is 3. The Morgan fingerprint density at radius 1 is 0.444 bits per heavy atom. The SMILES string of the molecule is N#Cc1ccc(-c2ccccc2-n2c3ccccc3c3ccccc32)c(-c2nc(-c3ccccc3)nc(-c3ccccc3)n2)c1. The molecule has 0 aliphatic carbocycles. The lowest BCUT2D eigenvalue weighted by molar-refractivity contribution is 1.07. The van der Waals surface area contributed by atoms with Gasteiger partial charge < -0.3 is 4.57 Å². The van der Waals surface area contributed by atoms with E-state index in [1.165, 1.54) is 10.8 Å². The Kier molecular flexibility index (Phi) is 6.44. The van der Waals surface area contributed by atoms with Crippen LogP contribution in [-0.4, -0.2) is 19.5 Å². The second-order valence-electron chi connectivity index (χ2n) is 10.8. The van der Waals surface area contributed by atoms with E-state index in [-0.39, 0.29) is 0 Å². The summed E-state index contributed by atoms with van der Waals surface area (Å²) in [5.41, 5.74) is 8.29. The predicted molar refractivity (Wildman–Crippen MR) is 181 cm³/mol. The van der Waals surface area contributed by atoms with E-state index < -0.39 is 0 Å². The van der Waals surface area contributed by atoms with Crippen LogP contribution in [0.2, 0.25) is 0 Å². The van der Waals surface area contributed by atoms with Crippen LogP contribution in [0.25, 0.3) is 72.8 Å². The number of nitrogens with zero attached hydrogens (tertiary/aromatic N) is 5. The van der Waals surface area contributed by atoms with E-state index in [1.807, 2.05) is 84.9 Å². The number of para-hydroxylation sites is 3. The Bertz CT molecular complexity index is 2270. The molecule has 45 heavy (non-hydrogen) atoms.